The molecule has 4 aliphatic rings. The monoisotopic (exact) mass is 385 g/mol. The Morgan fingerprint density at radius 1 is 0.857 bits per heavy atom. The molecule has 5 rings (SSSR count). The Bertz CT molecular complexity index is 751. The first-order valence-electron chi connectivity index (χ1n) is 10.4. The highest BCUT2D eigenvalue weighted by atomic mass is 16.7. The van der Waals surface area contributed by atoms with Gasteiger partial charge in [-0.3, -0.25) is 24.3 Å². The van der Waals surface area contributed by atoms with E-state index in [4.69, 9.17) is 9.47 Å². The molecule has 0 radical (unpaired) electrons. The number of nitrogens with zero attached hydrogens (tertiary/aromatic N) is 3. The van der Waals surface area contributed by atoms with Gasteiger partial charge in [0.15, 0.2) is 11.5 Å². The fourth-order valence-electron chi connectivity index (χ4n) is 4.96. The number of carbonyl (C=O) groups is 2. The van der Waals surface area contributed by atoms with Crippen molar-refractivity contribution in [3.63, 3.8) is 0 Å². The molecule has 1 aliphatic carbocycles. The maximum Gasteiger partial charge on any atom is 0.234 e. The van der Waals surface area contributed by atoms with Crippen LogP contribution in [0.5, 0.6) is 11.5 Å². The second-order valence-electron chi connectivity index (χ2n) is 8.33. The van der Waals surface area contributed by atoms with Crippen LogP contribution in [0, 0.1) is 11.8 Å². The van der Waals surface area contributed by atoms with Crippen LogP contribution in [0.1, 0.15) is 31.2 Å². The number of benzene rings is 1. The van der Waals surface area contributed by atoms with Gasteiger partial charge in [0, 0.05) is 32.7 Å². The highest BCUT2D eigenvalue weighted by molar-refractivity contribution is 6.05. The molecule has 2 amide bonds. The van der Waals surface area contributed by atoms with Crippen molar-refractivity contribution in [3.05, 3.63) is 23.8 Å². The number of piperazine rings is 1. The molecule has 0 N–H and O–H groups in total. The third-order valence-corrected chi connectivity index (χ3v) is 6.58. The third-order valence-electron chi connectivity index (χ3n) is 6.58. The van der Waals surface area contributed by atoms with Crippen LogP contribution in [0.15, 0.2) is 18.2 Å². The Kier molecular flexibility index (Phi) is 4.72. The molecule has 3 aliphatic heterocycles. The van der Waals surface area contributed by atoms with Gasteiger partial charge in [0.25, 0.3) is 0 Å². The fraction of sp³-hybridized carbons (Fsp3) is 0.619. The summed E-state index contributed by atoms with van der Waals surface area (Å²) in [5, 5.41) is 0. The first-order chi connectivity index (χ1) is 13.7. The smallest absolute Gasteiger partial charge is 0.234 e. The first kappa shape index (κ1) is 17.9. The molecule has 1 aromatic rings. The summed E-state index contributed by atoms with van der Waals surface area (Å²) in [6, 6.07) is 6.11. The second kappa shape index (κ2) is 7.37. The lowest BCUT2D eigenvalue weighted by Crippen LogP contribution is -2.51. The molecule has 0 aromatic heterocycles. The number of likely N-dealkylation sites (tertiary alicyclic amines) is 1. The minimum atomic E-state index is -0.0476. The third kappa shape index (κ3) is 3.26. The van der Waals surface area contributed by atoms with Gasteiger partial charge in [0.1, 0.15) is 0 Å². The second-order valence-corrected chi connectivity index (χ2v) is 8.33. The molecule has 0 spiro atoms. The van der Waals surface area contributed by atoms with Gasteiger partial charge in [-0.25, -0.2) is 0 Å². The summed E-state index contributed by atoms with van der Waals surface area (Å²) >= 11 is 0. The molecule has 1 saturated carbocycles. The SMILES string of the molecule is O=C1[C@H]2CCCC[C@H]2C(=O)N1CN1CCN(Cc2ccc3c(c2)OCO3)CC1. The lowest BCUT2D eigenvalue weighted by Gasteiger charge is -2.36. The van der Waals surface area contributed by atoms with E-state index >= 15 is 0 Å². The molecule has 0 bridgehead atoms. The number of hydrogen-bond donors (Lipinski definition) is 0. The molecule has 3 heterocycles. The van der Waals surface area contributed by atoms with Crippen molar-refractivity contribution in [1.82, 2.24) is 14.7 Å². The van der Waals surface area contributed by atoms with Crippen LogP contribution in [-0.4, -0.2) is 66.2 Å². The van der Waals surface area contributed by atoms with Crippen LogP contribution in [0.3, 0.4) is 0 Å². The fourth-order valence-corrected chi connectivity index (χ4v) is 4.96. The quantitative estimate of drug-likeness (QED) is 0.735. The molecule has 28 heavy (non-hydrogen) atoms. The van der Waals surface area contributed by atoms with Crippen LogP contribution < -0.4 is 9.47 Å². The van der Waals surface area contributed by atoms with Crippen molar-refractivity contribution in [1.29, 1.82) is 0 Å². The molecular weight excluding hydrogens is 358 g/mol. The molecule has 0 unspecified atom stereocenters. The summed E-state index contributed by atoms with van der Waals surface area (Å²) in [5.41, 5.74) is 1.21. The number of hydrogen-bond acceptors (Lipinski definition) is 6. The topological polar surface area (TPSA) is 62.3 Å². The van der Waals surface area contributed by atoms with Gasteiger partial charge in [-0.2, -0.15) is 0 Å². The average molecular weight is 385 g/mol. The number of imide groups is 1. The van der Waals surface area contributed by atoms with E-state index in [1.54, 1.807) is 0 Å². The van der Waals surface area contributed by atoms with Crippen molar-refractivity contribution in [3.8, 4) is 11.5 Å². The molecule has 150 valence electrons. The Morgan fingerprint density at radius 3 is 2.21 bits per heavy atom. The van der Waals surface area contributed by atoms with Crippen LogP contribution >= 0.6 is 0 Å². The summed E-state index contributed by atoms with van der Waals surface area (Å²) in [6.07, 6.45) is 3.92. The highest BCUT2D eigenvalue weighted by Gasteiger charge is 2.48. The van der Waals surface area contributed by atoms with E-state index in [1.165, 1.54) is 10.5 Å². The van der Waals surface area contributed by atoms with E-state index in [2.05, 4.69) is 21.9 Å². The predicted molar refractivity (Wildman–Crippen MR) is 102 cm³/mol. The Hall–Kier alpha value is -2.12. The van der Waals surface area contributed by atoms with E-state index in [0.717, 1.165) is 69.9 Å². The van der Waals surface area contributed by atoms with Gasteiger partial charge in [-0.05, 0) is 30.5 Å². The molecule has 7 heteroatoms. The lowest BCUT2D eigenvalue weighted by molar-refractivity contribution is -0.142. The van der Waals surface area contributed by atoms with Gasteiger partial charge in [-0.15, -0.1) is 0 Å². The molecule has 1 aromatic carbocycles. The van der Waals surface area contributed by atoms with E-state index in [9.17, 15) is 9.59 Å². The Balaban J connectivity index is 1.14. The summed E-state index contributed by atoms with van der Waals surface area (Å²) in [7, 11) is 0. The minimum Gasteiger partial charge on any atom is -0.454 e. The molecular formula is C21H27N3O4. The number of rotatable bonds is 4. The minimum absolute atomic E-state index is 0.0476. The number of carbonyl (C=O) groups excluding carboxylic acids is 2. The molecule has 7 nitrogen and oxygen atoms in total. The normalized spacial score (nSPS) is 28.1. The Labute approximate surface area is 165 Å². The molecule has 2 saturated heterocycles. The van der Waals surface area contributed by atoms with E-state index in [-0.39, 0.29) is 23.7 Å². The number of amides is 2. The van der Waals surface area contributed by atoms with Crippen LogP contribution in [0.25, 0.3) is 0 Å². The first-order valence-corrected chi connectivity index (χ1v) is 10.4. The van der Waals surface area contributed by atoms with Crippen LogP contribution in [-0.2, 0) is 16.1 Å². The van der Waals surface area contributed by atoms with Crippen molar-refractivity contribution in [2.24, 2.45) is 11.8 Å². The van der Waals surface area contributed by atoms with Gasteiger partial charge >= 0.3 is 0 Å². The van der Waals surface area contributed by atoms with E-state index in [1.807, 2.05) is 6.07 Å². The Morgan fingerprint density at radius 2 is 1.50 bits per heavy atom. The van der Waals surface area contributed by atoms with Crippen molar-refractivity contribution < 1.29 is 19.1 Å². The standard InChI is InChI=1S/C21H27N3O4/c25-20-16-3-1-2-4-17(16)21(26)24(20)13-23-9-7-22(8-10-23)12-15-5-6-18-19(11-15)28-14-27-18/h5-6,11,16-17H,1-4,7-10,12-14H2/t16-,17+. The summed E-state index contributed by atoms with van der Waals surface area (Å²) < 4.78 is 10.8. The van der Waals surface area contributed by atoms with Gasteiger partial charge < -0.3 is 9.47 Å². The van der Waals surface area contributed by atoms with Crippen LogP contribution in [0.2, 0.25) is 0 Å². The molecule has 3 fully saturated rings. The van der Waals surface area contributed by atoms with E-state index < -0.39 is 0 Å². The highest BCUT2D eigenvalue weighted by Crippen LogP contribution is 2.38. The lowest BCUT2D eigenvalue weighted by atomic mass is 9.81. The van der Waals surface area contributed by atoms with Gasteiger partial charge in [0.05, 0.1) is 18.5 Å². The zero-order valence-corrected chi connectivity index (χ0v) is 16.1. The van der Waals surface area contributed by atoms with E-state index in [0.29, 0.717) is 13.5 Å². The molecule has 2 atom stereocenters. The zero-order valence-electron chi connectivity index (χ0n) is 16.1. The average Bonchev–Trinajstić information content (AvgIpc) is 3.28. The van der Waals surface area contributed by atoms with Crippen LogP contribution in [0.4, 0.5) is 0 Å². The maximum absolute atomic E-state index is 12.7. The summed E-state index contributed by atoms with van der Waals surface area (Å²) in [5.74, 6) is 1.68. The summed E-state index contributed by atoms with van der Waals surface area (Å²) in [4.78, 5) is 31.5. The maximum atomic E-state index is 12.7. The number of ether oxygens (including phenoxy) is 2. The van der Waals surface area contributed by atoms with Crippen molar-refractivity contribution >= 4 is 11.8 Å². The van der Waals surface area contributed by atoms with Gasteiger partial charge in [-0.1, -0.05) is 18.9 Å². The predicted octanol–water partition coefficient (Wildman–Crippen LogP) is 1.67. The number of fused-ring (bicyclic) bond motifs is 2. The zero-order chi connectivity index (χ0) is 19.1. The summed E-state index contributed by atoms with van der Waals surface area (Å²) in [6.45, 7) is 5.23. The van der Waals surface area contributed by atoms with Gasteiger partial charge in [0.2, 0.25) is 18.6 Å². The van der Waals surface area contributed by atoms with Crippen molar-refractivity contribution in [2.45, 2.75) is 32.2 Å². The van der Waals surface area contributed by atoms with Crippen molar-refractivity contribution in [2.75, 3.05) is 39.6 Å². The largest absolute Gasteiger partial charge is 0.454 e.